The number of unbranched alkanes of at least 4 members (excludes halogenated alkanes) is 3. The van der Waals surface area contributed by atoms with Gasteiger partial charge in [-0.1, -0.05) is 56.1 Å². The van der Waals surface area contributed by atoms with Crippen molar-refractivity contribution in [2.45, 2.75) is 128 Å². The second-order valence-corrected chi connectivity index (χ2v) is 11.2. The Kier molecular flexibility index (Phi) is 11.4. The maximum atomic E-state index is 6.63. The van der Waals surface area contributed by atoms with Crippen LogP contribution in [-0.4, -0.2) is 38.0 Å². The van der Waals surface area contributed by atoms with Crippen LogP contribution in [0.2, 0.25) is 0 Å². The van der Waals surface area contributed by atoms with E-state index in [0.29, 0.717) is 17.8 Å². The molecule has 0 amide bonds. The van der Waals surface area contributed by atoms with Crippen molar-refractivity contribution in [1.29, 1.82) is 0 Å². The first-order valence-corrected chi connectivity index (χ1v) is 14.8. The molecule has 35 heavy (non-hydrogen) atoms. The van der Waals surface area contributed by atoms with Gasteiger partial charge in [-0.05, 0) is 88.9 Å². The van der Waals surface area contributed by atoms with Crippen LogP contribution in [0.1, 0.15) is 103 Å². The molecule has 0 spiro atoms. The minimum atomic E-state index is -0.0383. The van der Waals surface area contributed by atoms with Gasteiger partial charge in [0.05, 0.1) is 12.2 Å². The van der Waals surface area contributed by atoms with Crippen LogP contribution in [0, 0.1) is 17.8 Å². The summed E-state index contributed by atoms with van der Waals surface area (Å²) < 4.78 is 25.0. The van der Waals surface area contributed by atoms with Crippen LogP contribution in [0.3, 0.4) is 0 Å². The maximum Gasteiger partial charge on any atom is 0.158 e. The van der Waals surface area contributed by atoms with E-state index < -0.39 is 0 Å². The first-order chi connectivity index (χ1) is 17.3. The largest absolute Gasteiger partial charge is 0.353 e. The third-order valence-corrected chi connectivity index (χ3v) is 8.40. The van der Waals surface area contributed by atoms with Gasteiger partial charge in [0.15, 0.2) is 12.6 Å². The van der Waals surface area contributed by atoms with Crippen molar-refractivity contribution in [3.8, 4) is 0 Å². The average molecular weight is 487 g/mol. The fraction of sp³-hybridized carbons (Fsp3) is 0.806. The van der Waals surface area contributed by atoms with Gasteiger partial charge < -0.3 is 18.9 Å². The molecule has 4 heteroatoms. The highest BCUT2D eigenvalue weighted by Gasteiger charge is 2.45. The highest BCUT2D eigenvalue weighted by atomic mass is 16.7. The zero-order chi connectivity index (χ0) is 24.3. The molecule has 1 saturated carbocycles. The maximum absolute atomic E-state index is 6.63. The summed E-state index contributed by atoms with van der Waals surface area (Å²) in [5, 5.41) is 0. The number of hydrogen-bond donors (Lipinski definition) is 0. The van der Waals surface area contributed by atoms with Crippen molar-refractivity contribution in [2.75, 3.05) is 13.2 Å². The summed E-state index contributed by atoms with van der Waals surface area (Å²) in [7, 11) is 0. The molecule has 0 bridgehead atoms. The zero-order valence-corrected chi connectivity index (χ0v) is 22.2. The molecular formula is C31H50O4. The molecule has 2 unspecified atom stereocenters. The lowest BCUT2D eigenvalue weighted by molar-refractivity contribution is -0.193. The van der Waals surface area contributed by atoms with E-state index >= 15 is 0 Å². The molecule has 4 rings (SSSR count). The molecule has 2 saturated heterocycles. The van der Waals surface area contributed by atoms with Crippen molar-refractivity contribution in [2.24, 2.45) is 17.8 Å². The second-order valence-electron chi connectivity index (χ2n) is 11.2. The van der Waals surface area contributed by atoms with Crippen molar-refractivity contribution in [1.82, 2.24) is 0 Å². The Morgan fingerprint density at radius 1 is 1.06 bits per heavy atom. The average Bonchev–Trinajstić information content (AvgIpc) is 3.41. The van der Waals surface area contributed by atoms with Crippen LogP contribution in [0.5, 0.6) is 0 Å². The Morgan fingerprint density at radius 2 is 1.86 bits per heavy atom. The van der Waals surface area contributed by atoms with Gasteiger partial charge in [-0.25, -0.2) is 0 Å². The van der Waals surface area contributed by atoms with Gasteiger partial charge in [0.2, 0.25) is 0 Å². The molecule has 0 aromatic heterocycles. The standard InChI is InChI=1S/C31H50O4/c1-3-5-7-13-24-21-25-23-29(35-31-16-10-12-20-33-31)27(28(25)22-24)18-17-26(14-8-6-4-2)34-30-15-9-11-19-32-30/h3,17-18,21,25-31H,1,4-16,19-20,22-23H2,2H3/t25-,26-,27-,28+,29+,30?,31?/m0/s1. The highest BCUT2D eigenvalue weighted by molar-refractivity contribution is 5.21. The smallest absolute Gasteiger partial charge is 0.158 e. The van der Waals surface area contributed by atoms with Crippen LogP contribution >= 0.6 is 0 Å². The molecule has 4 aliphatic rings. The highest BCUT2D eigenvalue weighted by Crippen LogP contribution is 2.50. The summed E-state index contributed by atoms with van der Waals surface area (Å²) in [6, 6.07) is 0. The Hall–Kier alpha value is -0.940. The lowest BCUT2D eigenvalue weighted by Gasteiger charge is -2.30. The first kappa shape index (κ1) is 27.1. The summed E-state index contributed by atoms with van der Waals surface area (Å²) in [4.78, 5) is 0. The molecule has 198 valence electrons. The zero-order valence-electron chi connectivity index (χ0n) is 22.2. The summed E-state index contributed by atoms with van der Waals surface area (Å²) >= 11 is 0. The normalized spacial score (nSPS) is 34.1. The minimum Gasteiger partial charge on any atom is -0.353 e. The Balaban J connectivity index is 1.42. The van der Waals surface area contributed by atoms with Gasteiger partial charge in [-0.2, -0.15) is 0 Å². The van der Waals surface area contributed by atoms with Crippen molar-refractivity contribution in [3.63, 3.8) is 0 Å². The molecular weight excluding hydrogens is 436 g/mol. The number of rotatable bonds is 14. The van der Waals surface area contributed by atoms with Crippen molar-refractivity contribution < 1.29 is 18.9 Å². The molecule has 2 aliphatic carbocycles. The molecule has 2 aliphatic heterocycles. The van der Waals surface area contributed by atoms with E-state index in [0.717, 1.165) is 58.2 Å². The van der Waals surface area contributed by atoms with Crippen LogP contribution in [0.15, 0.2) is 36.5 Å². The lowest BCUT2D eigenvalue weighted by atomic mass is 9.88. The van der Waals surface area contributed by atoms with Crippen LogP contribution in [0.4, 0.5) is 0 Å². The Morgan fingerprint density at radius 3 is 2.57 bits per heavy atom. The third-order valence-electron chi connectivity index (χ3n) is 8.40. The van der Waals surface area contributed by atoms with E-state index in [1.54, 1.807) is 5.57 Å². The summed E-state index contributed by atoms with van der Waals surface area (Å²) in [6.45, 7) is 7.83. The molecule has 4 nitrogen and oxygen atoms in total. The van der Waals surface area contributed by atoms with Crippen molar-refractivity contribution >= 4 is 0 Å². The van der Waals surface area contributed by atoms with E-state index in [9.17, 15) is 0 Å². The van der Waals surface area contributed by atoms with Crippen LogP contribution in [0.25, 0.3) is 0 Å². The van der Waals surface area contributed by atoms with Crippen molar-refractivity contribution in [3.05, 3.63) is 36.5 Å². The Bertz CT molecular complexity index is 673. The predicted octanol–water partition coefficient (Wildman–Crippen LogP) is 7.89. The van der Waals surface area contributed by atoms with E-state index in [4.69, 9.17) is 18.9 Å². The minimum absolute atomic E-state index is 0.0215. The fourth-order valence-electron chi connectivity index (χ4n) is 6.47. The quantitative estimate of drug-likeness (QED) is 0.185. The van der Waals surface area contributed by atoms with Gasteiger partial charge in [0, 0.05) is 19.1 Å². The Labute approximate surface area is 214 Å². The summed E-state index contributed by atoms with van der Waals surface area (Å²) in [5.74, 6) is 1.72. The molecule has 0 N–H and O–H groups in total. The molecule has 7 atom stereocenters. The number of fused-ring (bicyclic) bond motifs is 1. The second kappa shape index (κ2) is 14.7. The summed E-state index contributed by atoms with van der Waals surface area (Å²) in [5.41, 5.74) is 1.65. The molecule has 2 heterocycles. The monoisotopic (exact) mass is 486 g/mol. The fourth-order valence-corrected chi connectivity index (χ4v) is 6.47. The lowest BCUT2D eigenvalue weighted by Crippen LogP contribution is -2.31. The van der Waals surface area contributed by atoms with Crippen LogP contribution < -0.4 is 0 Å². The SMILES string of the molecule is C=CCCCC1=C[C@H]2C[C@@H](OC3CCCCO3)[C@@H](C=C[C@H](CCCCC)OC3CCCCO3)[C@@H]2C1. The van der Waals surface area contributed by atoms with E-state index in [-0.39, 0.29) is 24.8 Å². The van der Waals surface area contributed by atoms with Gasteiger partial charge in [0.25, 0.3) is 0 Å². The molecule has 3 fully saturated rings. The van der Waals surface area contributed by atoms with Gasteiger partial charge in [-0.15, -0.1) is 6.58 Å². The van der Waals surface area contributed by atoms with Crippen LogP contribution in [-0.2, 0) is 18.9 Å². The van der Waals surface area contributed by atoms with Gasteiger partial charge in [0.1, 0.15) is 0 Å². The first-order valence-electron chi connectivity index (χ1n) is 14.8. The van der Waals surface area contributed by atoms with E-state index in [2.05, 4.69) is 31.7 Å². The third kappa shape index (κ3) is 8.28. The number of allylic oxidation sites excluding steroid dienone is 3. The number of ether oxygens (including phenoxy) is 4. The van der Waals surface area contributed by atoms with Gasteiger partial charge in [-0.3, -0.25) is 0 Å². The molecule has 0 aromatic rings. The number of hydrogen-bond acceptors (Lipinski definition) is 4. The molecule has 0 radical (unpaired) electrons. The topological polar surface area (TPSA) is 36.9 Å². The van der Waals surface area contributed by atoms with E-state index in [1.165, 1.54) is 51.4 Å². The summed E-state index contributed by atoms with van der Waals surface area (Å²) in [6.07, 6.45) is 27.3. The molecule has 0 aromatic carbocycles. The van der Waals surface area contributed by atoms with E-state index in [1.807, 2.05) is 6.08 Å². The van der Waals surface area contributed by atoms with Gasteiger partial charge >= 0.3 is 0 Å². The predicted molar refractivity (Wildman–Crippen MR) is 142 cm³/mol.